The van der Waals surface area contributed by atoms with Gasteiger partial charge in [-0.1, -0.05) is 0 Å². The lowest BCUT2D eigenvalue weighted by Crippen LogP contribution is -2.62. The standard InChI is InChI=1S/C19H25N3O2S/c1-13-20-15-10-14(4-5-16(15)25-13)18(24)22-9-7-19(12-23)6-3-8-21(2)17(19)11-22/h4-5,10,17,23H,3,6-9,11-12H2,1-2H3/t17-,19-/m1/s1. The minimum Gasteiger partial charge on any atom is -0.396 e. The summed E-state index contributed by atoms with van der Waals surface area (Å²) < 4.78 is 1.12. The Kier molecular flexibility index (Phi) is 4.30. The highest BCUT2D eigenvalue weighted by molar-refractivity contribution is 7.18. The number of carbonyl (C=O) groups is 1. The van der Waals surface area contributed by atoms with E-state index >= 15 is 0 Å². The minimum atomic E-state index is -0.0419. The summed E-state index contributed by atoms with van der Waals surface area (Å²) in [5.74, 6) is 0.0815. The summed E-state index contributed by atoms with van der Waals surface area (Å²) in [7, 11) is 2.12. The van der Waals surface area contributed by atoms with Crippen LogP contribution in [0.4, 0.5) is 0 Å². The number of likely N-dealkylation sites (N-methyl/N-ethyl adjacent to an activating group) is 1. The summed E-state index contributed by atoms with van der Waals surface area (Å²) in [6.45, 7) is 4.67. The molecule has 0 radical (unpaired) electrons. The average Bonchev–Trinajstić information content (AvgIpc) is 3.00. The van der Waals surface area contributed by atoms with Crippen LogP contribution in [0.1, 0.15) is 34.6 Å². The molecule has 0 bridgehead atoms. The number of aryl methyl sites for hydroxylation is 1. The normalized spacial score (nSPS) is 27.5. The molecule has 2 atom stereocenters. The summed E-state index contributed by atoms with van der Waals surface area (Å²) in [4.78, 5) is 21.8. The van der Waals surface area contributed by atoms with Crippen molar-refractivity contribution in [2.75, 3.05) is 33.3 Å². The number of thiazole rings is 1. The third kappa shape index (κ3) is 2.86. The van der Waals surface area contributed by atoms with E-state index in [1.807, 2.05) is 30.0 Å². The third-order valence-corrected chi connectivity index (χ3v) is 6.99. The zero-order valence-corrected chi connectivity index (χ0v) is 15.7. The number of fused-ring (bicyclic) bond motifs is 2. The van der Waals surface area contributed by atoms with E-state index in [2.05, 4.69) is 16.9 Å². The fraction of sp³-hybridized carbons (Fsp3) is 0.579. The molecule has 0 spiro atoms. The van der Waals surface area contributed by atoms with E-state index in [1.165, 1.54) is 0 Å². The van der Waals surface area contributed by atoms with E-state index in [0.717, 1.165) is 47.6 Å². The number of hydrogen-bond acceptors (Lipinski definition) is 5. The molecule has 1 N–H and O–H groups in total. The van der Waals surface area contributed by atoms with Gasteiger partial charge in [-0.25, -0.2) is 4.98 Å². The molecule has 1 aromatic carbocycles. The van der Waals surface area contributed by atoms with Crippen LogP contribution in [0.3, 0.4) is 0 Å². The average molecular weight is 359 g/mol. The molecule has 25 heavy (non-hydrogen) atoms. The molecule has 6 heteroatoms. The van der Waals surface area contributed by atoms with Gasteiger partial charge < -0.3 is 14.9 Å². The Hall–Kier alpha value is -1.50. The molecule has 0 saturated carbocycles. The van der Waals surface area contributed by atoms with Gasteiger partial charge in [0, 0.05) is 30.1 Å². The number of benzene rings is 1. The molecule has 0 unspecified atom stereocenters. The van der Waals surface area contributed by atoms with Crippen LogP contribution < -0.4 is 0 Å². The Balaban J connectivity index is 1.58. The fourth-order valence-corrected chi connectivity index (χ4v) is 5.37. The molecular weight excluding hydrogens is 334 g/mol. The van der Waals surface area contributed by atoms with Crippen molar-refractivity contribution in [3.8, 4) is 0 Å². The molecule has 2 aromatic rings. The Morgan fingerprint density at radius 3 is 3.04 bits per heavy atom. The smallest absolute Gasteiger partial charge is 0.253 e. The largest absolute Gasteiger partial charge is 0.396 e. The number of aromatic nitrogens is 1. The summed E-state index contributed by atoms with van der Waals surface area (Å²) in [5, 5.41) is 11.0. The highest BCUT2D eigenvalue weighted by atomic mass is 32.1. The van der Waals surface area contributed by atoms with Crippen molar-refractivity contribution in [3.63, 3.8) is 0 Å². The second-order valence-corrected chi connectivity index (χ2v) is 8.77. The maximum Gasteiger partial charge on any atom is 0.253 e. The first-order valence-electron chi connectivity index (χ1n) is 9.00. The number of carbonyl (C=O) groups excluding carboxylic acids is 1. The van der Waals surface area contributed by atoms with Crippen LogP contribution in [0, 0.1) is 12.3 Å². The molecule has 0 aliphatic carbocycles. The summed E-state index contributed by atoms with van der Waals surface area (Å²) in [5.41, 5.74) is 1.58. The summed E-state index contributed by atoms with van der Waals surface area (Å²) >= 11 is 1.66. The number of likely N-dealkylation sites (tertiary alicyclic amines) is 2. The Labute approximate surface area is 152 Å². The first kappa shape index (κ1) is 16.9. The van der Waals surface area contributed by atoms with Gasteiger partial charge in [0.05, 0.1) is 21.8 Å². The Morgan fingerprint density at radius 2 is 2.24 bits per heavy atom. The number of aliphatic hydroxyl groups is 1. The van der Waals surface area contributed by atoms with Crippen molar-refractivity contribution in [3.05, 3.63) is 28.8 Å². The van der Waals surface area contributed by atoms with Gasteiger partial charge in [-0.05, 0) is 58.0 Å². The van der Waals surface area contributed by atoms with E-state index in [9.17, 15) is 9.90 Å². The second-order valence-electron chi connectivity index (χ2n) is 7.54. The maximum absolute atomic E-state index is 13.0. The van der Waals surface area contributed by atoms with E-state index in [1.54, 1.807) is 11.3 Å². The van der Waals surface area contributed by atoms with Crippen molar-refractivity contribution in [1.29, 1.82) is 0 Å². The van der Waals surface area contributed by atoms with Crippen LogP contribution in [-0.4, -0.2) is 65.1 Å². The monoisotopic (exact) mass is 359 g/mol. The van der Waals surface area contributed by atoms with E-state index in [0.29, 0.717) is 12.1 Å². The van der Waals surface area contributed by atoms with Crippen molar-refractivity contribution in [2.45, 2.75) is 32.2 Å². The predicted octanol–water partition coefficient (Wildman–Crippen LogP) is 2.52. The van der Waals surface area contributed by atoms with Crippen LogP contribution in [0.15, 0.2) is 18.2 Å². The van der Waals surface area contributed by atoms with Gasteiger partial charge >= 0.3 is 0 Å². The van der Waals surface area contributed by atoms with Crippen LogP contribution in [0.2, 0.25) is 0 Å². The van der Waals surface area contributed by atoms with Crippen molar-refractivity contribution in [2.24, 2.45) is 5.41 Å². The van der Waals surface area contributed by atoms with Gasteiger partial charge in [-0.3, -0.25) is 4.79 Å². The number of amides is 1. The van der Waals surface area contributed by atoms with Crippen LogP contribution in [-0.2, 0) is 0 Å². The van der Waals surface area contributed by atoms with Gasteiger partial charge in [0.25, 0.3) is 5.91 Å². The first-order chi connectivity index (χ1) is 12.0. The van der Waals surface area contributed by atoms with Crippen molar-refractivity contribution in [1.82, 2.24) is 14.8 Å². The molecule has 5 nitrogen and oxygen atoms in total. The van der Waals surface area contributed by atoms with E-state index in [-0.39, 0.29) is 24.0 Å². The molecule has 2 fully saturated rings. The van der Waals surface area contributed by atoms with Gasteiger partial charge in [0.15, 0.2) is 0 Å². The number of rotatable bonds is 2. The lowest BCUT2D eigenvalue weighted by Gasteiger charge is -2.53. The third-order valence-electron chi connectivity index (χ3n) is 6.04. The SMILES string of the molecule is Cc1nc2cc(C(=O)N3CC[C@@]4(CO)CCCN(C)[C@@H]4C3)ccc2s1. The molecule has 4 rings (SSSR count). The Morgan fingerprint density at radius 1 is 1.40 bits per heavy atom. The molecule has 2 saturated heterocycles. The van der Waals surface area contributed by atoms with E-state index in [4.69, 9.17) is 0 Å². The Bertz CT molecular complexity index is 805. The van der Waals surface area contributed by atoms with Gasteiger partial charge in [-0.2, -0.15) is 0 Å². The summed E-state index contributed by atoms with van der Waals surface area (Å²) in [6, 6.07) is 6.08. The van der Waals surface area contributed by atoms with Gasteiger partial charge in [0.2, 0.25) is 0 Å². The molecular formula is C19H25N3O2S. The van der Waals surface area contributed by atoms with Crippen LogP contribution in [0.5, 0.6) is 0 Å². The minimum absolute atomic E-state index is 0.0419. The van der Waals surface area contributed by atoms with E-state index < -0.39 is 0 Å². The highest BCUT2D eigenvalue weighted by Crippen LogP contribution is 2.41. The van der Waals surface area contributed by atoms with Gasteiger partial charge in [-0.15, -0.1) is 11.3 Å². The number of piperidine rings is 2. The highest BCUT2D eigenvalue weighted by Gasteiger charge is 2.47. The van der Waals surface area contributed by atoms with Crippen molar-refractivity contribution >= 4 is 27.5 Å². The van der Waals surface area contributed by atoms with Crippen molar-refractivity contribution < 1.29 is 9.90 Å². The lowest BCUT2D eigenvalue weighted by molar-refractivity contribution is -0.0601. The molecule has 2 aliphatic heterocycles. The predicted molar refractivity (Wildman–Crippen MR) is 100 cm³/mol. The molecule has 134 valence electrons. The van der Waals surface area contributed by atoms with Crippen LogP contribution >= 0.6 is 11.3 Å². The summed E-state index contributed by atoms with van der Waals surface area (Å²) in [6.07, 6.45) is 3.06. The number of aliphatic hydroxyl groups excluding tert-OH is 1. The van der Waals surface area contributed by atoms with Gasteiger partial charge in [0.1, 0.15) is 0 Å². The van der Waals surface area contributed by atoms with Crippen LogP contribution in [0.25, 0.3) is 10.2 Å². The molecule has 3 heterocycles. The first-order valence-corrected chi connectivity index (χ1v) is 9.82. The molecule has 1 aromatic heterocycles. The topological polar surface area (TPSA) is 56.7 Å². The lowest BCUT2D eigenvalue weighted by atomic mass is 9.69. The number of hydrogen-bond donors (Lipinski definition) is 1. The number of nitrogens with zero attached hydrogens (tertiary/aromatic N) is 3. The second kappa shape index (κ2) is 6.34. The molecule has 1 amide bonds. The zero-order valence-electron chi connectivity index (χ0n) is 14.9. The molecule has 2 aliphatic rings. The maximum atomic E-state index is 13.0. The quantitative estimate of drug-likeness (QED) is 0.895. The zero-order chi connectivity index (χ0) is 17.6. The fourth-order valence-electron chi connectivity index (χ4n) is 4.56.